The quantitative estimate of drug-likeness (QED) is 0.770. The minimum absolute atomic E-state index is 0.262. The van der Waals surface area contributed by atoms with Crippen LogP contribution >= 0.6 is 11.3 Å². The van der Waals surface area contributed by atoms with Crippen LogP contribution in [0.4, 0.5) is 5.69 Å². The average Bonchev–Trinajstić information content (AvgIpc) is 3.16. The third-order valence-electron chi connectivity index (χ3n) is 3.32. The van der Waals surface area contributed by atoms with Gasteiger partial charge in [-0.1, -0.05) is 19.1 Å². The molecule has 0 aliphatic carbocycles. The van der Waals surface area contributed by atoms with Crippen molar-refractivity contribution in [2.75, 3.05) is 5.32 Å². The summed E-state index contributed by atoms with van der Waals surface area (Å²) < 4.78 is 5.59. The number of hydrogen-bond donors (Lipinski definition) is 1. The van der Waals surface area contributed by atoms with Crippen LogP contribution in [0.5, 0.6) is 0 Å². The van der Waals surface area contributed by atoms with Gasteiger partial charge in [0.15, 0.2) is 11.5 Å². The summed E-state index contributed by atoms with van der Waals surface area (Å²) >= 11 is 1.55. The molecule has 0 saturated heterocycles. The number of hydrogen-bond acceptors (Lipinski definition) is 4. The number of thiazole rings is 1. The highest BCUT2D eigenvalue weighted by atomic mass is 32.1. The topological polar surface area (TPSA) is 55.1 Å². The Hall–Kier alpha value is -2.40. The van der Waals surface area contributed by atoms with Crippen molar-refractivity contribution in [1.29, 1.82) is 0 Å². The zero-order chi connectivity index (χ0) is 15.5. The fraction of sp³-hybridized carbons (Fsp3) is 0.176. The van der Waals surface area contributed by atoms with Crippen molar-refractivity contribution < 1.29 is 9.21 Å². The SMILES string of the molecule is CCc1ccc(NC(=O)c2ccc(-c3csc(C)n3)o2)cc1. The van der Waals surface area contributed by atoms with Gasteiger partial charge in [-0.2, -0.15) is 0 Å². The number of nitrogens with zero attached hydrogens (tertiary/aromatic N) is 1. The molecule has 3 aromatic rings. The summed E-state index contributed by atoms with van der Waals surface area (Å²) in [5.41, 5.74) is 2.75. The first kappa shape index (κ1) is 14.5. The molecule has 0 aliphatic heterocycles. The smallest absolute Gasteiger partial charge is 0.291 e. The maximum Gasteiger partial charge on any atom is 0.291 e. The third-order valence-corrected chi connectivity index (χ3v) is 4.09. The molecule has 2 aromatic heterocycles. The van der Waals surface area contributed by atoms with Crippen LogP contribution in [0.1, 0.15) is 28.0 Å². The summed E-state index contributed by atoms with van der Waals surface area (Å²) in [6.07, 6.45) is 0.975. The molecule has 0 saturated carbocycles. The molecule has 0 fully saturated rings. The number of aromatic nitrogens is 1. The van der Waals surface area contributed by atoms with Gasteiger partial charge in [0.05, 0.1) is 5.01 Å². The molecule has 0 spiro atoms. The first-order valence-corrected chi connectivity index (χ1v) is 7.96. The second-order valence-corrected chi connectivity index (χ2v) is 5.98. The predicted molar refractivity (Wildman–Crippen MR) is 88.3 cm³/mol. The van der Waals surface area contributed by atoms with E-state index in [0.29, 0.717) is 5.76 Å². The van der Waals surface area contributed by atoms with Gasteiger partial charge in [0.25, 0.3) is 5.91 Å². The second kappa shape index (κ2) is 6.15. The van der Waals surface area contributed by atoms with E-state index in [4.69, 9.17) is 4.42 Å². The Labute approximate surface area is 132 Å². The van der Waals surface area contributed by atoms with Crippen LogP contribution in [-0.2, 0) is 6.42 Å². The largest absolute Gasteiger partial charge is 0.449 e. The van der Waals surface area contributed by atoms with Crippen LogP contribution in [0.3, 0.4) is 0 Å². The van der Waals surface area contributed by atoms with Crippen LogP contribution < -0.4 is 5.32 Å². The molecule has 112 valence electrons. The molecule has 0 aliphatic rings. The minimum Gasteiger partial charge on any atom is -0.449 e. The predicted octanol–water partition coefficient (Wildman–Crippen LogP) is 4.53. The van der Waals surface area contributed by atoms with Gasteiger partial charge in [-0.3, -0.25) is 4.79 Å². The van der Waals surface area contributed by atoms with Gasteiger partial charge in [-0.25, -0.2) is 4.98 Å². The molecule has 22 heavy (non-hydrogen) atoms. The van der Waals surface area contributed by atoms with E-state index in [2.05, 4.69) is 17.2 Å². The van der Waals surface area contributed by atoms with Gasteiger partial charge in [0.2, 0.25) is 0 Å². The Bertz CT molecular complexity index is 787. The first-order chi connectivity index (χ1) is 10.7. The fourth-order valence-corrected chi connectivity index (χ4v) is 2.69. The van der Waals surface area contributed by atoms with Crippen LogP contribution in [0.15, 0.2) is 46.2 Å². The summed E-state index contributed by atoms with van der Waals surface area (Å²) in [5.74, 6) is 0.624. The molecule has 1 amide bonds. The number of amides is 1. The standard InChI is InChI=1S/C17H16N2O2S/c1-3-12-4-6-13(7-5-12)19-17(20)16-9-8-15(21-16)14-10-22-11(2)18-14/h4-10H,3H2,1-2H3,(H,19,20). The lowest BCUT2D eigenvalue weighted by Crippen LogP contribution is -2.10. The molecule has 0 atom stereocenters. The van der Waals surface area contributed by atoms with Crippen molar-refractivity contribution in [1.82, 2.24) is 4.98 Å². The number of aryl methyl sites for hydroxylation is 2. The molecule has 3 rings (SSSR count). The Morgan fingerprint density at radius 1 is 1.23 bits per heavy atom. The lowest BCUT2D eigenvalue weighted by molar-refractivity contribution is 0.0997. The van der Waals surface area contributed by atoms with E-state index in [1.165, 1.54) is 5.56 Å². The Morgan fingerprint density at radius 2 is 2.00 bits per heavy atom. The molecular weight excluding hydrogens is 296 g/mol. The fourth-order valence-electron chi connectivity index (χ4n) is 2.09. The van der Waals surface area contributed by atoms with Crippen molar-refractivity contribution in [2.45, 2.75) is 20.3 Å². The van der Waals surface area contributed by atoms with Gasteiger partial charge in [0.1, 0.15) is 5.69 Å². The summed E-state index contributed by atoms with van der Waals surface area (Å²) in [4.78, 5) is 16.5. The van der Waals surface area contributed by atoms with Crippen molar-refractivity contribution in [3.05, 3.63) is 58.1 Å². The van der Waals surface area contributed by atoms with Gasteiger partial charge in [0, 0.05) is 11.1 Å². The number of carbonyl (C=O) groups is 1. The van der Waals surface area contributed by atoms with Crippen LogP contribution in [0.2, 0.25) is 0 Å². The minimum atomic E-state index is -0.262. The summed E-state index contributed by atoms with van der Waals surface area (Å²) in [5, 5.41) is 5.71. The summed E-state index contributed by atoms with van der Waals surface area (Å²) in [6, 6.07) is 11.2. The first-order valence-electron chi connectivity index (χ1n) is 7.08. The van der Waals surface area contributed by atoms with E-state index < -0.39 is 0 Å². The Morgan fingerprint density at radius 3 is 2.64 bits per heavy atom. The van der Waals surface area contributed by atoms with E-state index in [1.807, 2.05) is 36.6 Å². The van der Waals surface area contributed by atoms with E-state index in [-0.39, 0.29) is 11.7 Å². The number of nitrogens with one attached hydrogen (secondary N) is 1. The molecule has 1 aromatic carbocycles. The van der Waals surface area contributed by atoms with Gasteiger partial charge in [-0.05, 0) is 43.2 Å². The number of carbonyl (C=O) groups excluding carboxylic acids is 1. The highest BCUT2D eigenvalue weighted by Gasteiger charge is 2.13. The van der Waals surface area contributed by atoms with Crippen molar-refractivity contribution in [3.63, 3.8) is 0 Å². The highest BCUT2D eigenvalue weighted by Crippen LogP contribution is 2.24. The van der Waals surface area contributed by atoms with E-state index in [1.54, 1.807) is 23.5 Å². The molecule has 5 heteroatoms. The maximum atomic E-state index is 12.2. The second-order valence-electron chi connectivity index (χ2n) is 4.92. The molecule has 1 N–H and O–H groups in total. The van der Waals surface area contributed by atoms with Crippen LogP contribution in [0, 0.1) is 6.92 Å². The molecule has 0 radical (unpaired) electrons. The monoisotopic (exact) mass is 312 g/mol. The van der Waals surface area contributed by atoms with E-state index in [0.717, 1.165) is 22.8 Å². The van der Waals surface area contributed by atoms with E-state index in [9.17, 15) is 4.79 Å². The zero-order valence-electron chi connectivity index (χ0n) is 12.4. The lowest BCUT2D eigenvalue weighted by Gasteiger charge is -2.04. The molecule has 2 heterocycles. The summed E-state index contributed by atoms with van der Waals surface area (Å²) in [7, 11) is 0. The maximum absolute atomic E-state index is 12.2. The molecule has 4 nitrogen and oxygen atoms in total. The number of rotatable bonds is 4. The average molecular weight is 312 g/mol. The third kappa shape index (κ3) is 3.09. The Balaban J connectivity index is 1.73. The van der Waals surface area contributed by atoms with Gasteiger partial charge < -0.3 is 9.73 Å². The zero-order valence-corrected chi connectivity index (χ0v) is 13.2. The van der Waals surface area contributed by atoms with Crippen LogP contribution in [0.25, 0.3) is 11.5 Å². The molecule has 0 unspecified atom stereocenters. The van der Waals surface area contributed by atoms with Gasteiger partial charge in [-0.15, -0.1) is 11.3 Å². The molecular formula is C17H16N2O2S. The number of benzene rings is 1. The van der Waals surface area contributed by atoms with Gasteiger partial charge >= 0.3 is 0 Å². The van der Waals surface area contributed by atoms with E-state index >= 15 is 0 Å². The lowest BCUT2D eigenvalue weighted by atomic mass is 10.1. The van der Waals surface area contributed by atoms with Crippen molar-refractivity contribution in [2.24, 2.45) is 0 Å². The number of anilines is 1. The number of furan rings is 1. The summed E-state index contributed by atoms with van der Waals surface area (Å²) in [6.45, 7) is 4.03. The van der Waals surface area contributed by atoms with Crippen molar-refractivity contribution in [3.8, 4) is 11.5 Å². The Kier molecular flexibility index (Phi) is 4.06. The van der Waals surface area contributed by atoms with Crippen molar-refractivity contribution >= 4 is 22.9 Å². The highest BCUT2D eigenvalue weighted by molar-refractivity contribution is 7.09. The molecule has 0 bridgehead atoms. The van der Waals surface area contributed by atoms with Crippen LogP contribution in [-0.4, -0.2) is 10.9 Å². The normalized spacial score (nSPS) is 10.6.